The largest absolute Gasteiger partial charge is 0.569 e. The molecular weight excluding hydrogens is 229 g/mol. The Kier molecular flexibility index (Phi) is 3.51. The molecule has 0 aromatic carbocycles. The normalized spacial score (nSPS) is 35.8. The fourth-order valence-electron chi connectivity index (χ4n) is 1.41. The van der Waals surface area contributed by atoms with E-state index in [-0.39, 0.29) is 18.8 Å². The van der Waals surface area contributed by atoms with Crippen molar-refractivity contribution in [1.29, 1.82) is 0 Å². The third-order valence-corrected chi connectivity index (χ3v) is 3.20. The first-order valence-corrected chi connectivity index (χ1v) is 5.88. The van der Waals surface area contributed by atoms with Crippen molar-refractivity contribution >= 4 is 8.17 Å². The van der Waals surface area contributed by atoms with Crippen LogP contribution in [-0.4, -0.2) is 48.4 Å². The van der Waals surface area contributed by atoms with Gasteiger partial charge in [-0.3, -0.25) is 9.68 Å². The van der Waals surface area contributed by atoms with E-state index in [0.717, 1.165) is 7.11 Å². The molecule has 0 saturated carbocycles. The molecule has 88 valence electrons. The number of fused-ring (bicyclic) bond motifs is 1. The molecule has 0 aliphatic carbocycles. The zero-order valence-electron chi connectivity index (χ0n) is 8.03. The van der Waals surface area contributed by atoms with Gasteiger partial charge in [-0.05, 0) is 0 Å². The Morgan fingerprint density at radius 1 is 1.47 bits per heavy atom. The van der Waals surface area contributed by atoms with Crippen molar-refractivity contribution in [2.75, 3.05) is 20.3 Å². The van der Waals surface area contributed by atoms with E-state index in [0.29, 0.717) is 6.61 Å². The van der Waals surface area contributed by atoms with Crippen LogP contribution in [0.2, 0.25) is 0 Å². The van der Waals surface area contributed by atoms with Gasteiger partial charge in [-0.15, -0.1) is 0 Å². The molecule has 2 aliphatic rings. The molecular formula is C6H13NO7P+. The Labute approximate surface area is 86.6 Å². The maximum absolute atomic E-state index is 9.10. The number of hydrogen-bond donors (Lipinski definition) is 3. The number of hydrogen-bond acceptors (Lipinski definition) is 8. The Hall–Kier alpha value is 0.110. The number of nitrogens with one attached hydrogen (secondary N) is 1. The minimum atomic E-state index is -3.71. The smallest absolute Gasteiger partial charge is 0.370 e. The zero-order chi connectivity index (χ0) is 10.9. The molecule has 2 saturated heterocycles. The maximum atomic E-state index is 9.10. The van der Waals surface area contributed by atoms with Crippen LogP contribution in [0.4, 0.5) is 0 Å². The molecule has 0 amide bonds. The Morgan fingerprint density at radius 3 is 3.00 bits per heavy atom. The lowest BCUT2D eigenvalue weighted by Gasteiger charge is -2.14. The van der Waals surface area contributed by atoms with Crippen molar-refractivity contribution in [1.82, 2.24) is 5.64 Å². The zero-order valence-corrected chi connectivity index (χ0v) is 8.92. The second-order valence-corrected chi connectivity index (χ2v) is 4.77. The van der Waals surface area contributed by atoms with Gasteiger partial charge in [0.15, 0.2) is 0 Å². The molecule has 9 heteroatoms. The molecule has 3 unspecified atom stereocenters. The predicted molar refractivity (Wildman–Crippen MR) is 46.9 cm³/mol. The van der Waals surface area contributed by atoms with Crippen LogP contribution in [0, 0.1) is 0 Å². The second-order valence-electron chi connectivity index (χ2n) is 3.16. The summed E-state index contributed by atoms with van der Waals surface area (Å²) in [5.74, 6) is 0. The van der Waals surface area contributed by atoms with Crippen LogP contribution in [-0.2, 0) is 23.5 Å². The molecule has 2 fully saturated rings. The highest BCUT2D eigenvalue weighted by Crippen LogP contribution is 2.51. The first-order chi connectivity index (χ1) is 7.12. The summed E-state index contributed by atoms with van der Waals surface area (Å²) < 4.78 is 14.4. The van der Waals surface area contributed by atoms with Gasteiger partial charge in [-0.1, -0.05) is 5.64 Å². The summed E-state index contributed by atoms with van der Waals surface area (Å²) in [5, 5.41) is 0. The Balaban J connectivity index is 1.80. The maximum Gasteiger partial charge on any atom is 0.569 e. The lowest BCUT2D eigenvalue weighted by atomic mass is 10.2. The highest BCUT2D eigenvalue weighted by Gasteiger charge is 2.47. The SMILES string of the molecule is CO[P+](O)(O)OCC1OCC2ONOC12. The summed E-state index contributed by atoms with van der Waals surface area (Å²) >= 11 is 0. The van der Waals surface area contributed by atoms with Crippen LogP contribution < -0.4 is 5.64 Å². The predicted octanol–water partition coefficient (Wildman–Crippen LogP) is -1.09. The molecule has 2 aliphatic heterocycles. The van der Waals surface area contributed by atoms with E-state index in [2.05, 4.69) is 10.2 Å². The van der Waals surface area contributed by atoms with Gasteiger partial charge in [0.2, 0.25) is 0 Å². The van der Waals surface area contributed by atoms with Crippen LogP contribution in [0.1, 0.15) is 0 Å². The molecule has 2 heterocycles. The summed E-state index contributed by atoms with van der Waals surface area (Å²) in [5.41, 5.74) is 2.28. The molecule has 0 bridgehead atoms. The summed E-state index contributed by atoms with van der Waals surface area (Å²) in [6, 6.07) is 0. The monoisotopic (exact) mass is 242 g/mol. The highest BCUT2D eigenvalue weighted by atomic mass is 31.2. The topological polar surface area (TPSA) is 98.6 Å². The molecule has 3 N–H and O–H groups in total. The molecule has 0 radical (unpaired) electrons. The molecule has 0 aromatic heterocycles. The third-order valence-electron chi connectivity index (χ3n) is 2.24. The van der Waals surface area contributed by atoms with Crippen LogP contribution in [0.3, 0.4) is 0 Å². The molecule has 0 aromatic rings. The van der Waals surface area contributed by atoms with E-state index < -0.39 is 14.3 Å². The minimum absolute atomic E-state index is 0.0270. The van der Waals surface area contributed by atoms with Crippen molar-refractivity contribution in [3.63, 3.8) is 0 Å². The fourth-order valence-corrected chi connectivity index (χ4v) is 1.86. The average molecular weight is 242 g/mol. The fraction of sp³-hybridized carbons (Fsp3) is 1.00. The molecule has 15 heavy (non-hydrogen) atoms. The van der Waals surface area contributed by atoms with Crippen molar-refractivity contribution in [3.05, 3.63) is 0 Å². The van der Waals surface area contributed by atoms with Gasteiger partial charge in [0.25, 0.3) is 0 Å². The van der Waals surface area contributed by atoms with E-state index in [1.165, 1.54) is 0 Å². The van der Waals surface area contributed by atoms with E-state index in [1.54, 1.807) is 0 Å². The van der Waals surface area contributed by atoms with Gasteiger partial charge in [-0.25, -0.2) is 0 Å². The van der Waals surface area contributed by atoms with Gasteiger partial charge in [-0.2, -0.15) is 18.8 Å². The first-order valence-electron chi connectivity index (χ1n) is 4.35. The van der Waals surface area contributed by atoms with Crippen molar-refractivity contribution in [2.24, 2.45) is 0 Å². The highest BCUT2D eigenvalue weighted by molar-refractivity contribution is 7.54. The first kappa shape index (κ1) is 11.6. The van der Waals surface area contributed by atoms with Crippen molar-refractivity contribution < 1.29 is 33.2 Å². The summed E-state index contributed by atoms with van der Waals surface area (Å²) in [6.07, 6.45) is -0.896. The van der Waals surface area contributed by atoms with Gasteiger partial charge in [0.1, 0.15) is 24.9 Å². The second kappa shape index (κ2) is 4.54. The Morgan fingerprint density at radius 2 is 2.27 bits per heavy atom. The molecule has 2 rings (SSSR count). The van der Waals surface area contributed by atoms with E-state index in [1.807, 2.05) is 0 Å². The Bertz CT molecular complexity index is 228. The van der Waals surface area contributed by atoms with Gasteiger partial charge < -0.3 is 4.74 Å². The third kappa shape index (κ3) is 2.62. The van der Waals surface area contributed by atoms with Crippen molar-refractivity contribution in [2.45, 2.75) is 18.3 Å². The summed E-state index contributed by atoms with van der Waals surface area (Å²) in [4.78, 5) is 28.2. The van der Waals surface area contributed by atoms with E-state index >= 15 is 0 Å². The van der Waals surface area contributed by atoms with Crippen LogP contribution in [0.25, 0.3) is 0 Å². The molecule has 0 spiro atoms. The standard InChI is InChI=1S/C6H13NO7P/c1-10-15(8,9)12-3-4-6-5(2-11-4)13-7-14-6/h4-9H,2-3H2,1H3/q+1. The van der Waals surface area contributed by atoms with Crippen molar-refractivity contribution in [3.8, 4) is 0 Å². The molecule has 8 nitrogen and oxygen atoms in total. The molecule has 3 atom stereocenters. The van der Waals surface area contributed by atoms with Gasteiger partial charge >= 0.3 is 8.17 Å². The number of ether oxygens (including phenoxy) is 1. The lowest BCUT2D eigenvalue weighted by Crippen LogP contribution is -2.31. The average Bonchev–Trinajstić information content (AvgIpc) is 2.77. The summed E-state index contributed by atoms with van der Waals surface area (Å²) in [7, 11) is -2.55. The summed E-state index contributed by atoms with van der Waals surface area (Å²) in [6.45, 7) is 0.349. The quantitative estimate of drug-likeness (QED) is 0.535. The minimum Gasteiger partial charge on any atom is -0.370 e. The van der Waals surface area contributed by atoms with Gasteiger partial charge in [0.05, 0.1) is 13.7 Å². The van der Waals surface area contributed by atoms with Crippen LogP contribution in [0.15, 0.2) is 0 Å². The van der Waals surface area contributed by atoms with Crippen LogP contribution in [0.5, 0.6) is 0 Å². The number of rotatable bonds is 4. The van der Waals surface area contributed by atoms with E-state index in [9.17, 15) is 0 Å². The van der Waals surface area contributed by atoms with Gasteiger partial charge in [0, 0.05) is 0 Å². The van der Waals surface area contributed by atoms with E-state index in [4.69, 9.17) is 28.7 Å². The van der Waals surface area contributed by atoms with Crippen LogP contribution >= 0.6 is 8.17 Å². The lowest BCUT2D eigenvalue weighted by molar-refractivity contribution is -0.138.